The Kier molecular flexibility index (Phi) is 12.1. The lowest BCUT2D eigenvalue weighted by atomic mass is 9.81. The third kappa shape index (κ3) is 9.48. The van der Waals surface area contributed by atoms with Gasteiger partial charge in [0.1, 0.15) is 5.75 Å². The highest BCUT2D eigenvalue weighted by atomic mass is 35.5. The average molecular weight is 817 g/mol. The second-order valence-electron chi connectivity index (χ2n) is 13.2. The van der Waals surface area contributed by atoms with E-state index in [-0.39, 0.29) is 52.3 Å². The summed E-state index contributed by atoms with van der Waals surface area (Å²) >= 11 is 6.20. The van der Waals surface area contributed by atoms with Crippen molar-refractivity contribution in [3.05, 3.63) is 57.6 Å². The summed E-state index contributed by atoms with van der Waals surface area (Å²) in [5.74, 6) is 5.91. The van der Waals surface area contributed by atoms with Gasteiger partial charge in [-0.2, -0.15) is 4.39 Å². The zero-order valence-electron chi connectivity index (χ0n) is 30.3. The molecule has 4 unspecified atom stereocenters. The number of carboxylic acid groups (broad SMARTS) is 2. The van der Waals surface area contributed by atoms with Gasteiger partial charge in [-0.25, -0.2) is 19.8 Å². The SMILES string of the molecule is COc1c(C#CC2CCN(C)C(C3CC(C#Cc4cc(Oc5nn[nH]c5C(=O)O)cc(Cl)c4OC(F)(F)F)CCN3C)C2)ccc(Oc2nn[nH]c2C(=O)O)c1F. The number of methoxy groups -OCH3 is 1. The molecule has 4 heterocycles. The van der Waals surface area contributed by atoms with Crippen LogP contribution >= 0.6 is 11.6 Å². The molecule has 0 saturated carbocycles. The number of hydrogen-bond acceptors (Lipinski definition) is 12. The van der Waals surface area contributed by atoms with Gasteiger partial charge < -0.3 is 39.0 Å². The zero-order valence-corrected chi connectivity index (χ0v) is 31.0. The van der Waals surface area contributed by atoms with Gasteiger partial charge in [0, 0.05) is 36.1 Å². The van der Waals surface area contributed by atoms with Gasteiger partial charge in [0.2, 0.25) is 17.2 Å². The first kappa shape index (κ1) is 40.6. The van der Waals surface area contributed by atoms with Gasteiger partial charge >= 0.3 is 18.3 Å². The van der Waals surface area contributed by atoms with Crippen molar-refractivity contribution in [2.24, 2.45) is 11.8 Å². The number of hydrogen-bond donors (Lipinski definition) is 4. The van der Waals surface area contributed by atoms with Gasteiger partial charge in [0.05, 0.1) is 23.3 Å². The van der Waals surface area contributed by atoms with Crippen molar-refractivity contribution in [2.45, 2.75) is 44.1 Å². The minimum atomic E-state index is -5.09. The molecule has 0 radical (unpaired) electrons. The Morgan fingerprint density at radius 3 is 1.93 bits per heavy atom. The highest BCUT2D eigenvalue weighted by molar-refractivity contribution is 6.32. The van der Waals surface area contributed by atoms with Crippen LogP contribution in [0, 0.1) is 41.3 Å². The van der Waals surface area contributed by atoms with Gasteiger partial charge in [-0.15, -0.1) is 13.2 Å². The number of aromatic amines is 2. The van der Waals surface area contributed by atoms with Crippen molar-refractivity contribution in [3.8, 4) is 58.4 Å². The summed E-state index contributed by atoms with van der Waals surface area (Å²) in [4.78, 5) is 27.3. The number of H-pyrrole nitrogens is 2. The fraction of sp³-hybridized carbons (Fsp3) is 0.389. The Labute approximate surface area is 326 Å². The summed E-state index contributed by atoms with van der Waals surface area (Å²) in [5.41, 5.74) is -0.909. The van der Waals surface area contributed by atoms with Gasteiger partial charge in [0.25, 0.3) is 11.8 Å². The zero-order chi connectivity index (χ0) is 41.0. The number of likely N-dealkylation sites (N-methyl/N-ethyl adjacent to an activating group) is 2. The Morgan fingerprint density at radius 1 is 0.860 bits per heavy atom. The monoisotopic (exact) mass is 816 g/mol. The number of rotatable bonds is 9. The maximum Gasteiger partial charge on any atom is 0.573 e. The third-order valence-electron chi connectivity index (χ3n) is 9.49. The molecule has 6 rings (SSSR count). The number of alkyl halides is 3. The molecule has 2 aliphatic rings. The van der Waals surface area contributed by atoms with Crippen LogP contribution in [0.25, 0.3) is 0 Å². The van der Waals surface area contributed by atoms with E-state index in [2.05, 4.69) is 69.0 Å². The predicted molar refractivity (Wildman–Crippen MR) is 190 cm³/mol. The number of aromatic carboxylic acids is 2. The first-order chi connectivity index (χ1) is 27.1. The quantitative estimate of drug-likeness (QED) is 0.123. The fourth-order valence-corrected chi connectivity index (χ4v) is 6.93. The Balaban J connectivity index is 1.19. The minimum Gasteiger partial charge on any atom is -0.492 e. The molecule has 2 aromatic carbocycles. The van der Waals surface area contributed by atoms with E-state index >= 15 is 4.39 Å². The molecule has 300 valence electrons. The number of likely N-dealkylation sites (tertiary alicyclic amines) is 2. The third-order valence-corrected chi connectivity index (χ3v) is 9.77. The average Bonchev–Trinajstić information content (AvgIpc) is 3.83. The topological polar surface area (TPSA) is 201 Å². The smallest absolute Gasteiger partial charge is 0.492 e. The number of ether oxygens (including phenoxy) is 4. The number of halogens is 5. The normalized spacial score (nSPS) is 20.1. The molecule has 2 saturated heterocycles. The lowest BCUT2D eigenvalue weighted by Crippen LogP contribution is -2.55. The van der Waals surface area contributed by atoms with Crippen LogP contribution in [0.3, 0.4) is 0 Å². The van der Waals surface area contributed by atoms with Crippen LogP contribution in [0.2, 0.25) is 5.02 Å². The number of carbonyl (C=O) groups is 2. The van der Waals surface area contributed by atoms with Crippen LogP contribution in [-0.2, 0) is 0 Å². The standard InChI is InChI=1S/C36H33ClF4N8O8/c1-48-12-10-18(4-6-20-8-9-26(27(38)31(20)54-3)56-33-29(35(52)53)43-47-45-33)14-24(48)25-15-19(11-13-49(25)2)5-7-21-16-22(17-23(37)30(21)57-36(39,40)41)55-32-28(34(50)51)42-46-44-32/h8-9,16-19,24-25H,10-15H2,1-3H3,(H,50,51)(H,52,53)(H,42,44,46)(H,43,45,47). The first-order valence-corrected chi connectivity index (χ1v) is 17.5. The van der Waals surface area contributed by atoms with Gasteiger partial charge in [-0.05, 0) is 65.0 Å². The summed E-state index contributed by atoms with van der Waals surface area (Å²) in [7, 11) is 5.28. The van der Waals surface area contributed by atoms with Crippen molar-refractivity contribution in [2.75, 3.05) is 34.3 Å². The molecule has 0 aliphatic carbocycles. The molecule has 0 spiro atoms. The molecule has 0 bridgehead atoms. The van der Waals surface area contributed by atoms with Gasteiger partial charge in [-0.1, -0.05) is 55.9 Å². The van der Waals surface area contributed by atoms with Gasteiger partial charge in [0.15, 0.2) is 17.2 Å². The highest BCUT2D eigenvalue weighted by Gasteiger charge is 2.38. The van der Waals surface area contributed by atoms with Crippen LogP contribution in [0.15, 0.2) is 24.3 Å². The lowest BCUT2D eigenvalue weighted by molar-refractivity contribution is -0.274. The highest BCUT2D eigenvalue weighted by Crippen LogP contribution is 2.39. The number of benzene rings is 2. The van der Waals surface area contributed by atoms with E-state index in [0.29, 0.717) is 32.4 Å². The molecule has 2 aromatic heterocycles. The summed E-state index contributed by atoms with van der Waals surface area (Å²) in [6.45, 7) is 1.36. The van der Waals surface area contributed by atoms with Crippen molar-refractivity contribution in [3.63, 3.8) is 0 Å². The van der Waals surface area contributed by atoms with Crippen molar-refractivity contribution < 1.29 is 56.3 Å². The van der Waals surface area contributed by atoms with Crippen LogP contribution in [0.1, 0.15) is 57.8 Å². The number of carboxylic acids is 2. The van der Waals surface area contributed by atoms with E-state index in [0.717, 1.165) is 18.6 Å². The predicted octanol–water partition coefficient (Wildman–Crippen LogP) is 5.43. The number of nitrogens with zero attached hydrogens (tertiary/aromatic N) is 6. The van der Waals surface area contributed by atoms with E-state index in [1.54, 1.807) is 0 Å². The molecule has 57 heavy (non-hydrogen) atoms. The van der Waals surface area contributed by atoms with Crippen LogP contribution in [0.5, 0.6) is 34.8 Å². The van der Waals surface area contributed by atoms with E-state index in [1.807, 2.05) is 14.1 Å². The minimum absolute atomic E-state index is 0.00552. The summed E-state index contributed by atoms with van der Waals surface area (Å²) in [6, 6.07) is 4.98. The number of piperidine rings is 2. The van der Waals surface area contributed by atoms with E-state index in [1.165, 1.54) is 19.2 Å². The Bertz CT molecular complexity index is 2280. The molecule has 2 aliphatic heterocycles. The van der Waals surface area contributed by atoms with E-state index in [4.69, 9.17) is 25.8 Å². The fourth-order valence-electron chi connectivity index (χ4n) is 6.68. The second-order valence-corrected chi connectivity index (χ2v) is 13.6. The van der Waals surface area contributed by atoms with Gasteiger partial charge in [-0.3, -0.25) is 0 Å². The van der Waals surface area contributed by atoms with E-state index < -0.39 is 58.0 Å². The number of aromatic nitrogens is 6. The summed E-state index contributed by atoms with van der Waals surface area (Å²) in [5, 5.41) is 36.3. The molecular weight excluding hydrogens is 784 g/mol. The maximum atomic E-state index is 15.4. The maximum absolute atomic E-state index is 15.4. The molecule has 16 nitrogen and oxygen atoms in total. The molecular formula is C36H33ClF4N8O8. The van der Waals surface area contributed by atoms with E-state index in [9.17, 15) is 33.0 Å². The van der Waals surface area contributed by atoms with Crippen LogP contribution < -0.4 is 18.9 Å². The van der Waals surface area contributed by atoms with Crippen molar-refractivity contribution in [1.29, 1.82) is 0 Å². The Morgan fingerprint density at radius 2 is 1.40 bits per heavy atom. The molecule has 21 heteroatoms. The van der Waals surface area contributed by atoms with Crippen molar-refractivity contribution in [1.82, 2.24) is 40.6 Å². The molecule has 2 fully saturated rings. The molecule has 4 atom stereocenters. The molecule has 0 amide bonds. The van der Waals surface area contributed by atoms with Crippen LogP contribution in [-0.4, -0.2) is 116 Å². The lowest BCUT2D eigenvalue weighted by Gasteiger charge is -2.46. The summed E-state index contributed by atoms with van der Waals surface area (Å²) in [6.07, 6.45) is -2.49. The Hall–Kier alpha value is -6.09. The summed E-state index contributed by atoms with van der Waals surface area (Å²) < 4.78 is 76.1. The van der Waals surface area contributed by atoms with Crippen LogP contribution in [0.4, 0.5) is 17.6 Å². The second kappa shape index (κ2) is 17.0. The molecule has 4 aromatic rings. The number of nitrogens with one attached hydrogen (secondary N) is 2. The van der Waals surface area contributed by atoms with Crippen molar-refractivity contribution >= 4 is 23.5 Å². The first-order valence-electron chi connectivity index (χ1n) is 17.2. The largest absolute Gasteiger partial charge is 0.573 e. The molecule has 4 N–H and O–H groups in total.